The number of carbonyl (C=O) groups is 1. The van der Waals surface area contributed by atoms with Gasteiger partial charge in [0.25, 0.3) is 5.91 Å². The molecule has 0 saturated heterocycles. The van der Waals surface area contributed by atoms with E-state index in [9.17, 15) is 13.6 Å². The van der Waals surface area contributed by atoms with Gasteiger partial charge in [-0.15, -0.1) is 0 Å². The molecule has 25 heavy (non-hydrogen) atoms. The van der Waals surface area contributed by atoms with E-state index >= 15 is 0 Å². The van der Waals surface area contributed by atoms with Gasteiger partial charge in [-0.05, 0) is 42.8 Å². The zero-order valence-corrected chi connectivity index (χ0v) is 13.3. The minimum absolute atomic E-state index is 0.0499. The summed E-state index contributed by atoms with van der Waals surface area (Å²) in [7, 11) is 0. The van der Waals surface area contributed by atoms with Crippen LogP contribution in [0.3, 0.4) is 0 Å². The molecule has 1 N–H and O–H groups in total. The third kappa shape index (κ3) is 4.17. The number of hydrogen-bond donors (Lipinski definition) is 1. The Labute approximate surface area is 143 Å². The number of anilines is 1. The van der Waals surface area contributed by atoms with Gasteiger partial charge in [-0.1, -0.05) is 18.2 Å². The van der Waals surface area contributed by atoms with Gasteiger partial charge in [0.1, 0.15) is 23.1 Å². The van der Waals surface area contributed by atoms with Crippen molar-refractivity contribution in [2.45, 2.75) is 6.92 Å². The molecule has 0 aliphatic heterocycles. The smallest absolute Gasteiger partial charge is 0.274 e. The number of nitrogens with one attached hydrogen (secondary N) is 1. The molecule has 0 spiro atoms. The van der Waals surface area contributed by atoms with Gasteiger partial charge in [-0.3, -0.25) is 4.79 Å². The molecule has 0 saturated carbocycles. The van der Waals surface area contributed by atoms with Crippen LogP contribution in [-0.2, 0) is 0 Å². The molecule has 0 atom stereocenters. The number of benzene rings is 2. The molecule has 4 nitrogen and oxygen atoms in total. The van der Waals surface area contributed by atoms with E-state index in [0.717, 1.165) is 17.7 Å². The van der Waals surface area contributed by atoms with Crippen molar-refractivity contribution in [2.75, 3.05) is 5.32 Å². The first-order valence-corrected chi connectivity index (χ1v) is 7.49. The lowest BCUT2D eigenvalue weighted by Gasteiger charge is -2.08. The number of amides is 1. The predicted molar refractivity (Wildman–Crippen MR) is 89.8 cm³/mol. The number of aromatic nitrogens is 1. The summed E-state index contributed by atoms with van der Waals surface area (Å²) in [5, 5.41) is 2.36. The zero-order valence-electron chi connectivity index (χ0n) is 13.3. The van der Waals surface area contributed by atoms with Crippen molar-refractivity contribution in [3.8, 4) is 11.6 Å². The maximum absolute atomic E-state index is 13.6. The van der Waals surface area contributed by atoms with Crippen LogP contribution in [0, 0.1) is 18.6 Å². The number of pyridine rings is 1. The summed E-state index contributed by atoms with van der Waals surface area (Å²) in [6.45, 7) is 1.93. The summed E-state index contributed by atoms with van der Waals surface area (Å²) in [6, 6.07) is 15.0. The molecule has 1 heterocycles. The number of ether oxygens (including phenoxy) is 1. The van der Waals surface area contributed by atoms with E-state index in [0.29, 0.717) is 11.8 Å². The van der Waals surface area contributed by atoms with E-state index in [1.54, 1.807) is 18.2 Å². The number of halogens is 2. The van der Waals surface area contributed by atoms with Gasteiger partial charge in [0.2, 0.25) is 5.88 Å². The van der Waals surface area contributed by atoms with Gasteiger partial charge in [0.15, 0.2) is 0 Å². The molecule has 0 fully saturated rings. The second-order valence-corrected chi connectivity index (χ2v) is 5.36. The Morgan fingerprint density at radius 2 is 1.84 bits per heavy atom. The first-order valence-electron chi connectivity index (χ1n) is 7.49. The Morgan fingerprint density at radius 1 is 1.04 bits per heavy atom. The molecule has 6 heteroatoms. The van der Waals surface area contributed by atoms with Gasteiger partial charge >= 0.3 is 0 Å². The largest absolute Gasteiger partial charge is 0.439 e. The summed E-state index contributed by atoms with van der Waals surface area (Å²) < 4.78 is 32.2. The molecule has 0 aliphatic rings. The van der Waals surface area contributed by atoms with Crippen molar-refractivity contribution < 1.29 is 18.3 Å². The fraction of sp³-hybridized carbons (Fsp3) is 0.0526. The maximum Gasteiger partial charge on any atom is 0.274 e. The van der Waals surface area contributed by atoms with Gasteiger partial charge in [-0.25, -0.2) is 13.8 Å². The van der Waals surface area contributed by atoms with E-state index in [4.69, 9.17) is 4.74 Å². The van der Waals surface area contributed by atoms with Gasteiger partial charge in [-0.2, -0.15) is 0 Å². The fourth-order valence-electron chi connectivity index (χ4n) is 2.17. The molecule has 0 aliphatic carbocycles. The van der Waals surface area contributed by atoms with Crippen LogP contribution in [0.2, 0.25) is 0 Å². The molecule has 3 aromatic rings. The second kappa shape index (κ2) is 7.09. The Bertz CT molecular complexity index is 929. The van der Waals surface area contributed by atoms with Crippen molar-refractivity contribution in [3.63, 3.8) is 0 Å². The first kappa shape index (κ1) is 16.6. The molecule has 0 bridgehead atoms. The SMILES string of the molecule is Cc1cccc(Oc2cccc(C(=O)Nc3ccc(F)cc3F)n2)c1. The summed E-state index contributed by atoms with van der Waals surface area (Å²) in [6.07, 6.45) is 0. The molecule has 3 rings (SSSR count). The van der Waals surface area contributed by atoms with E-state index in [2.05, 4.69) is 10.3 Å². The second-order valence-electron chi connectivity index (χ2n) is 5.36. The molecular weight excluding hydrogens is 326 g/mol. The molecule has 1 amide bonds. The average molecular weight is 340 g/mol. The Kier molecular flexibility index (Phi) is 4.70. The minimum atomic E-state index is -0.861. The summed E-state index contributed by atoms with van der Waals surface area (Å²) in [5.74, 6) is -1.38. The maximum atomic E-state index is 13.6. The van der Waals surface area contributed by atoms with Crippen molar-refractivity contribution in [1.82, 2.24) is 4.98 Å². The van der Waals surface area contributed by atoms with Crippen molar-refractivity contribution in [2.24, 2.45) is 0 Å². The Balaban J connectivity index is 1.77. The molecule has 0 unspecified atom stereocenters. The highest BCUT2D eigenvalue weighted by Gasteiger charge is 2.12. The van der Waals surface area contributed by atoms with Crippen LogP contribution in [0.5, 0.6) is 11.6 Å². The molecule has 126 valence electrons. The van der Waals surface area contributed by atoms with Crippen molar-refractivity contribution in [3.05, 3.63) is 83.6 Å². The van der Waals surface area contributed by atoms with E-state index in [-0.39, 0.29) is 17.3 Å². The Morgan fingerprint density at radius 3 is 2.60 bits per heavy atom. The number of carbonyl (C=O) groups excluding carboxylic acids is 1. The van der Waals surface area contributed by atoms with E-state index < -0.39 is 17.5 Å². The normalized spacial score (nSPS) is 10.4. The Hall–Kier alpha value is -3.28. The lowest BCUT2D eigenvalue weighted by atomic mass is 10.2. The highest BCUT2D eigenvalue weighted by Crippen LogP contribution is 2.21. The lowest BCUT2D eigenvalue weighted by molar-refractivity contribution is 0.102. The summed E-state index contributed by atoms with van der Waals surface area (Å²) in [5.41, 5.74) is 0.949. The highest BCUT2D eigenvalue weighted by atomic mass is 19.1. The van der Waals surface area contributed by atoms with E-state index in [1.807, 2.05) is 25.1 Å². The molecule has 0 radical (unpaired) electrons. The van der Waals surface area contributed by atoms with Crippen LogP contribution in [0.4, 0.5) is 14.5 Å². The average Bonchev–Trinajstić information content (AvgIpc) is 2.57. The standard InChI is InChI=1S/C19H14F2N2O2/c1-12-4-2-5-14(10-12)25-18-7-3-6-17(22-18)19(24)23-16-9-8-13(20)11-15(16)21/h2-11H,1H3,(H,23,24). The number of rotatable bonds is 4. The monoisotopic (exact) mass is 340 g/mol. The molecule has 2 aromatic carbocycles. The summed E-state index contributed by atoms with van der Waals surface area (Å²) >= 11 is 0. The summed E-state index contributed by atoms with van der Waals surface area (Å²) in [4.78, 5) is 16.3. The minimum Gasteiger partial charge on any atom is -0.439 e. The third-order valence-electron chi connectivity index (χ3n) is 3.35. The number of aryl methyl sites for hydroxylation is 1. The molecule has 1 aromatic heterocycles. The van der Waals surface area contributed by atoms with Crippen LogP contribution in [0.15, 0.2) is 60.7 Å². The van der Waals surface area contributed by atoms with Crippen LogP contribution in [0.25, 0.3) is 0 Å². The lowest BCUT2D eigenvalue weighted by Crippen LogP contribution is -2.14. The highest BCUT2D eigenvalue weighted by molar-refractivity contribution is 6.03. The van der Waals surface area contributed by atoms with Gasteiger partial charge in [0, 0.05) is 12.1 Å². The topological polar surface area (TPSA) is 51.2 Å². The zero-order chi connectivity index (χ0) is 17.8. The number of nitrogens with zero attached hydrogens (tertiary/aromatic N) is 1. The van der Waals surface area contributed by atoms with Crippen LogP contribution in [-0.4, -0.2) is 10.9 Å². The third-order valence-corrected chi connectivity index (χ3v) is 3.35. The van der Waals surface area contributed by atoms with Crippen molar-refractivity contribution >= 4 is 11.6 Å². The van der Waals surface area contributed by atoms with Crippen LogP contribution in [0.1, 0.15) is 16.1 Å². The van der Waals surface area contributed by atoms with Crippen LogP contribution < -0.4 is 10.1 Å². The predicted octanol–water partition coefficient (Wildman–Crippen LogP) is 4.71. The van der Waals surface area contributed by atoms with Gasteiger partial charge < -0.3 is 10.1 Å². The van der Waals surface area contributed by atoms with Gasteiger partial charge in [0.05, 0.1) is 5.69 Å². The quantitative estimate of drug-likeness (QED) is 0.748. The van der Waals surface area contributed by atoms with E-state index in [1.165, 1.54) is 6.07 Å². The molecular formula is C19H14F2N2O2. The van der Waals surface area contributed by atoms with Crippen LogP contribution >= 0.6 is 0 Å². The number of hydrogen-bond acceptors (Lipinski definition) is 3. The first-order chi connectivity index (χ1) is 12.0. The fourth-order valence-corrected chi connectivity index (χ4v) is 2.17. The van der Waals surface area contributed by atoms with Crippen molar-refractivity contribution in [1.29, 1.82) is 0 Å².